The van der Waals surface area contributed by atoms with E-state index in [1.165, 1.54) is 0 Å². The Labute approximate surface area is 78.9 Å². The quantitative estimate of drug-likeness (QED) is 0.589. The van der Waals surface area contributed by atoms with Gasteiger partial charge in [0.1, 0.15) is 0 Å². The van der Waals surface area contributed by atoms with Gasteiger partial charge in [-0.3, -0.25) is 0 Å². The van der Waals surface area contributed by atoms with Crippen LogP contribution in [0.2, 0.25) is 12.6 Å². The fraction of sp³-hybridized carbons (Fsp3) is 1.00. The van der Waals surface area contributed by atoms with Crippen LogP contribution < -0.4 is 0 Å². The van der Waals surface area contributed by atoms with Gasteiger partial charge in [0.2, 0.25) is 0 Å². The zero-order chi connectivity index (χ0) is 11.6. The van der Waals surface area contributed by atoms with Crippen LogP contribution >= 0.6 is 0 Å². The SMILES string of the molecule is C[SiH2]CCC(O)(C(F)(F)F)C(F)(F)F. The van der Waals surface area contributed by atoms with Crippen molar-refractivity contribution in [2.24, 2.45) is 0 Å². The molecule has 0 aliphatic carbocycles. The predicted molar refractivity (Wildman–Crippen MR) is 40.9 cm³/mol. The fourth-order valence-electron chi connectivity index (χ4n) is 0.877. The lowest BCUT2D eigenvalue weighted by atomic mass is 9.99. The third-order valence-corrected chi connectivity index (χ3v) is 2.89. The third kappa shape index (κ3) is 2.63. The minimum Gasteiger partial charge on any atom is -0.374 e. The van der Waals surface area contributed by atoms with E-state index in [1.807, 2.05) is 0 Å². The second kappa shape index (κ2) is 4.09. The highest BCUT2D eigenvalue weighted by atomic mass is 28.2. The van der Waals surface area contributed by atoms with Gasteiger partial charge in [-0.05, 0) is 6.42 Å². The Balaban J connectivity index is 4.87. The molecule has 0 fully saturated rings. The van der Waals surface area contributed by atoms with Crippen molar-refractivity contribution in [3.8, 4) is 0 Å². The smallest absolute Gasteiger partial charge is 0.374 e. The number of aliphatic hydroxyl groups is 1. The van der Waals surface area contributed by atoms with E-state index in [9.17, 15) is 26.3 Å². The second-order valence-corrected chi connectivity index (χ2v) is 4.67. The van der Waals surface area contributed by atoms with Crippen LogP contribution in [-0.4, -0.2) is 32.6 Å². The predicted octanol–water partition coefficient (Wildman–Crippen LogP) is 1.87. The van der Waals surface area contributed by atoms with Crippen LogP contribution in [-0.2, 0) is 0 Å². The van der Waals surface area contributed by atoms with E-state index in [1.54, 1.807) is 6.55 Å². The fourth-order valence-corrected chi connectivity index (χ4v) is 1.74. The maximum atomic E-state index is 12.0. The molecule has 0 amide bonds. The standard InChI is InChI=1S/C6H10F6OSi/c1-14-3-2-4(13,5(7,8)9)6(10,11)12/h13H,2-3,14H2,1H3. The maximum Gasteiger partial charge on any atom is 0.426 e. The van der Waals surface area contributed by atoms with Crippen LogP contribution in [0.4, 0.5) is 26.3 Å². The van der Waals surface area contributed by atoms with Gasteiger partial charge in [0.25, 0.3) is 5.60 Å². The molecule has 14 heavy (non-hydrogen) atoms. The summed E-state index contributed by atoms with van der Waals surface area (Å²) >= 11 is 0. The van der Waals surface area contributed by atoms with Crippen LogP contribution in [0.25, 0.3) is 0 Å². The topological polar surface area (TPSA) is 20.2 Å². The molecule has 1 N–H and O–H groups in total. The minimum absolute atomic E-state index is 0.199. The Kier molecular flexibility index (Phi) is 4.02. The molecule has 0 aliphatic heterocycles. The van der Waals surface area contributed by atoms with Gasteiger partial charge in [-0.2, -0.15) is 26.3 Å². The molecule has 0 unspecified atom stereocenters. The van der Waals surface area contributed by atoms with E-state index in [2.05, 4.69) is 0 Å². The van der Waals surface area contributed by atoms with Crippen LogP contribution in [0.15, 0.2) is 0 Å². The summed E-state index contributed by atoms with van der Waals surface area (Å²) in [6.45, 7) is 1.58. The first-order valence-electron chi connectivity index (χ1n) is 3.92. The highest BCUT2D eigenvalue weighted by Crippen LogP contribution is 2.45. The van der Waals surface area contributed by atoms with Crippen molar-refractivity contribution in [1.29, 1.82) is 0 Å². The molecular weight excluding hydrogens is 230 g/mol. The number of hydrogen-bond donors (Lipinski definition) is 1. The van der Waals surface area contributed by atoms with E-state index in [0.29, 0.717) is 0 Å². The number of alkyl halides is 6. The van der Waals surface area contributed by atoms with Gasteiger partial charge < -0.3 is 5.11 Å². The van der Waals surface area contributed by atoms with Gasteiger partial charge in [0, 0.05) is 9.52 Å². The zero-order valence-corrected chi connectivity index (χ0v) is 8.75. The molecule has 8 heteroatoms. The molecule has 86 valence electrons. The normalized spacial score (nSPS) is 15.4. The lowest BCUT2D eigenvalue weighted by Gasteiger charge is -2.32. The summed E-state index contributed by atoms with van der Waals surface area (Å²) in [6, 6.07) is -0.199. The Morgan fingerprint density at radius 1 is 1.00 bits per heavy atom. The first kappa shape index (κ1) is 13.8. The number of halogens is 6. The Morgan fingerprint density at radius 2 is 1.36 bits per heavy atom. The first-order chi connectivity index (χ1) is 6.06. The van der Waals surface area contributed by atoms with Crippen molar-refractivity contribution in [2.75, 3.05) is 0 Å². The largest absolute Gasteiger partial charge is 0.426 e. The third-order valence-electron chi connectivity index (χ3n) is 1.83. The Bertz CT molecular complexity index is 172. The van der Waals surface area contributed by atoms with Crippen molar-refractivity contribution in [2.45, 2.75) is 37.0 Å². The van der Waals surface area contributed by atoms with Gasteiger partial charge in [0.15, 0.2) is 0 Å². The second-order valence-electron chi connectivity index (χ2n) is 2.96. The van der Waals surface area contributed by atoms with Crippen LogP contribution in [0, 0.1) is 0 Å². The van der Waals surface area contributed by atoms with E-state index in [4.69, 9.17) is 5.11 Å². The van der Waals surface area contributed by atoms with Crippen molar-refractivity contribution >= 4 is 9.52 Å². The number of hydrogen-bond acceptors (Lipinski definition) is 1. The molecule has 0 radical (unpaired) electrons. The maximum absolute atomic E-state index is 12.0. The molecule has 0 aliphatic rings. The highest BCUT2D eigenvalue weighted by molar-refractivity contribution is 6.33. The molecule has 0 aromatic carbocycles. The summed E-state index contributed by atoms with van der Waals surface area (Å²) in [7, 11) is -0.942. The van der Waals surface area contributed by atoms with Crippen molar-refractivity contribution in [3.05, 3.63) is 0 Å². The summed E-state index contributed by atoms with van der Waals surface area (Å²) in [5.74, 6) is 0. The average Bonchev–Trinajstić information content (AvgIpc) is 1.95. The van der Waals surface area contributed by atoms with Crippen molar-refractivity contribution in [3.63, 3.8) is 0 Å². The lowest BCUT2D eigenvalue weighted by molar-refractivity contribution is -0.368. The summed E-state index contributed by atoms with van der Waals surface area (Å²) < 4.78 is 71.8. The molecule has 0 atom stereocenters. The van der Waals surface area contributed by atoms with Crippen molar-refractivity contribution in [1.82, 2.24) is 0 Å². The monoisotopic (exact) mass is 240 g/mol. The molecule has 0 heterocycles. The van der Waals surface area contributed by atoms with E-state index in [-0.39, 0.29) is 6.04 Å². The molecule has 1 nitrogen and oxygen atoms in total. The van der Waals surface area contributed by atoms with Crippen LogP contribution in [0.1, 0.15) is 6.42 Å². The van der Waals surface area contributed by atoms with Gasteiger partial charge >= 0.3 is 12.4 Å². The molecule has 0 bridgehead atoms. The molecule has 0 aromatic rings. The minimum atomic E-state index is -5.66. The highest BCUT2D eigenvalue weighted by Gasteiger charge is 2.69. The summed E-state index contributed by atoms with van der Waals surface area (Å²) in [5.41, 5.74) is -4.54. The average molecular weight is 240 g/mol. The summed E-state index contributed by atoms with van der Waals surface area (Å²) in [4.78, 5) is 0. The number of rotatable bonds is 3. The van der Waals surface area contributed by atoms with E-state index >= 15 is 0 Å². The molecule has 0 rings (SSSR count). The molecule has 0 spiro atoms. The molecule has 0 aromatic heterocycles. The molecule has 0 saturated carbocycles. The molecule has 0 saturated heterocycles. The summed E-state index contributed by atoms with van der Waals surface area (Å²) in [6.07, 6.45) is -12.6. The summed E-state index contributed by atoms with van der Waals surface area (Å²) in [5, 5.41) is 8.59. The van der Waals surface area contributed by atoms with Gasteiger partial charge in [-0.1, -0.05) is 12.6 Å². The Hall–Kier alpha value is -0.243. The molecular formula is C6H10F6OSi. The van der Waals surface area contributed by atoms with E-state index in [0.717, 1.165) is 0 Å². The van der Waals surface area contributed by atoms with Crippen LogP contribution in [0.3, 0.4) is 0 Å². The van der Waals surface area contributed by atoms with Gasteiger partial charge in [0.05, 0.1) is 0 Å². The lowest BCUT2D eigenvalue weighted by Crippen LogP contribution is -2.56. The van der Waals surface area contributed by atoms with E-state index < -0.39 is 33.9 Å². The first-order valence-corrected chi connectivity index (χ1v) is 6.33. The Morgan fingerprint density at radius 3 is 1.57 bits per heavy atom. The van der Waals surface area contributed by atoms with Gasteiger partial charge in [-0.15, -0.1) is 0 Å². The van der Waals surface area contributed by atoms with Gasteiger partial charge in [-0.25, -0.2) is 0 Å². The van der Waals surface area contributed by atoms with Crippen molar-refractivity contribution < 1.29 is 31.4 Å². The van der Waals surface area contributed by atoms with Crippen LogP contribution in [0.5, 0.6) is 0 Å². The zero-order valence-electron chi connectivity index (χ0n) is 7.34.